The molecule has 1 unspecified atom stereocenters. The number of Topliss-reactive ketones (excluding diaryl/α,β-unsaturated/α-hetero) is 1. The van der Waals surface area contributed by atoms with Gasteiger partial charge in [0, 0.05) is 28.7 Å². The van der Waals surface area contributed by atoms with Crippen LogP contribution in [0, 0.1) is 29.6 Å². The topological polar surface area (TPSA) is 121 Å². The van der Waals surface area contributed by atoms with Crippen LogP contribution in [0.4, 0.5) is 4.79 Å². The van der Waals surface area contributed by atoms with Gasteiger partial charge in [-0.05, 0) is 99.2 Å². The van der Waals surface area contributed by atoms with Crippen LogP contribution in [-0.4, -0.2) is 44.2 Å². The molecule has 0 radical (unpaired) electrons. The number of carbonyl (C=O) groups is 3. The van der Waals surface area contributed by atoms with Crippen molar-refractivity contribution in [1.82, 2.24) is 0 Å². The van der Waals surface area contributed by atoms with Crippen LogP contribution < -0.4 is 4.74 Å². The average Bonchev–Trinajstić information content (AvgIpc) is 3.15. The van der Waals surface area contributed by atoms with Gasteiger partial charge in [0.2, 0.25) is 0 Å². The van der Waals surface area contributed by atoms with Gasteiger partial charge in [-0.25, -0.2) is 9.59 Å². The van der Waals surface area contributed by atoms with Gasteiger partial charge in [0.05, 0.1) is 12.0 Å². The predicted octanol–water partition coefficient (Wildman–Crippen LogP) is 7.22. The lowest BCUT2D eigenvalue weighted by Crippen LogP contribution is -2.53. The van der Waals surface area contributed by atoms with Crippen molar-refractivity contribution in [2.45, 2.75) is 85.2 Å². The summed E-state index contributed by atoms with van der Waals surface area (Å²) in [5.41, 5.74) is 4.26. The molecule has 0 saturated heterocycles. The number of aromatic hydroxyl groups is 1. The van der Waals surface area contributed by atoms with Gasteiger partial charge < -0.3 is 20.1 Å². The number of carbonyl (C=O) groups excluding carboxylic acids is 2. The number of ketones is 1. The van der Waals surface area contributed by atoms with E-state index in [1.165, 1.54) is 5.57 Å². The van der Waals surface area contributed by atoms with Crippen LogP contribution in [-0.2, 0) is 16.0 Å². The summed E-state index contributed by atoms with van der Waals surface area (Å²) >= 11 is 0.862. The van der Waals surface area contributed by atoms with E-state index < -0.39 is 29.2 Å². The van der Waals surface area contributed by atoms with E-state index in [9.17, 15) is 29.7 Å². The van der Waals surface area contributed by atoms with Crippen LogP contribution in [0.2, 0.25) is 0 Å². The molecular weight excluding hydrogens is 552 g/mol. The van der Waals surface area contributed by atoms with Crippen LogP contribution in [0.5, 0.6) is 11.5 Å². The first kappa shape index (κ1) is 32.1. The molecular formula is C34H44O7S. The van der Waals surface area contributed by atoms with E-state index in [-0.39, 0.29) is 46.5 Å². The fourth-order valence-electron chi connectivity index (χ4n) is 7.30. The number of phenols is 1. The first-order valence-electron chi connectivity index (χ1n) is 15.1. The molecule has 3 aliphatic rings. The highest BCUT2D eigenvalue weighted by Crippen LogP contribution is 2.56. The van der Waals surface area contributed by atoms with E-state index >= 15 is 0 Å². The molecule has 0 aromatic heterocycles. The minimum Gasteiger partial charge on any atom is -0.507 e. The number of aliphatic hydroxyl groups is 1. The lowest BCUT2D eigenvalue weighted by atomic mass is 9.59. The monoisotopic (exact) mass is 596 g/mol. The number of ether oxygens (including phenoxy) is 1. The molecule has 1 saturated carbocycles. The summed E-state index contributed by atoms with van der Waals surface area (Å²) in [4.78, 5) is 38.2. The zero-order chi connectivity index (χ0) is 30.9. The molecule has 3 N–H and O–H groups in total. The van der Waals surface area contributed by atoms with Gasteiger partial charge in [0.15, 0.2) is 0 Å². The minimum atomic E-state index is -1.16. The first-order valence-corrected chi connectivity index (χ1v) is 16.1. The van der Waals surface area contributed by atoms with Crippen molar-refractivity contribution < 1.29 is 34.4 Å². The van der Waals surface area contributed by atoms with E-state index in [0.717, 1.165) is 61.4 Å². The Hall–Kier alpha value is -2.84. The number of unbranched alkanes of at least 4 members (excludes halogenated alkanes) is 2. The van der Waals surface area contributed by atoms with Crippen molar-refractivity contribution in [3.05, 3.63) is 58.2 Å². The molecule has 0 amide bonds. The molecule has 3 aliphatic carbocycles. The number of carboxylic acid groups (broad SMARTS) is 1. The van der Waals surface area contributed by atoms with Crippen molar-refractivity contribution in [2.75, 3.05) is 5.75 Å². The molecule has 0 spiro atoms. The Kier molecular flexibility index (Phi) is 10.1. The fourth-order valence-corrected chi connectivity index (χ4v) is 8.14. The van der Waals surface area contributed by atoms with Crippen molar-refractivity contribution in [1.29, 1.82) is 0 Å². The van der Waals surface area contributed by atoms with Gasteiger partial charge in [0.25, 0.3) is 0 Å². The molecule has 4 rings (SSSR count). The summed E-state index contributed by atoms with van der Waals surface area (Å²) < 4.78 is 5.96. The SMILES string of the molecule is C=C(C)[C@@H]1CCC(C)=C[C@H]1c1c(O)cc(CCCCC)cc1OC(=O)SCC1=C(C(=O)O)C2C(=O)[C@H]([C@@H](C)O)[C@H]2[C@H]1C. The van der Waals surface area contributed by atoms with E-state index in [2.05, 4.69) is 26.5 Å². The second-order valence-corrected chi connectivity index (χ2v) is 13.3. The van der Waals surface area contributed by atoms with Gasteiger partial charge in [-0.3, -0.25) is 4.79 Å². The lowest BCUT2D eigenvalue weighted by Gasteiger charge is -2.43. The predicted molar refractivity (Wildman–Crippen MR) is 165 cm³/mol. The molecule has 1 aromatic carbocycles. The Bertz CT molecular complexity index is 1320. The maximum atomic E-state index is 13.3. The Labute approximate surface area is 253 Å². The van der Waals surface area contributed by atoms with Crippen molar-refractivity contribution in [3.8, 4) is 11.5 Å². The number of rotatable bonds is 11. The number of fused-ring (bicyclic) bond motifs is 1. The first-order chi connectivity index (χ1) is 19.9. The number of hydrogen-bond acceptors (Lipinski definition) is 7. The third-order valence-corrected chi connectivity index (χ3v) is 10.2. The average molecular weight is 597 g/mol. The Morgan fingerprint density at radius 1 is 1.24 bits per heavy atom. The smallest absolute Gasteiger partial charge is 0.373 e. The summed E-state index contributed by atoms with van der Waals surface area (Å²) in [6, 6.07) is 3.63. The Morgan fingerprint density at radius 2 is 1.95 bits per heavy atom. The summed E-state index contributed by atoms with van der Waals surface area (Å²) in [7, 11) is 0. The molecule has 1 aromatic rings. The number of hydrogen-bond donors (Lipinski definition) is 3. The van der Waals surface area contributed by atoms with E-state index in [1.807, 2.05) is 19.9 Å². The number of aliphatic hydroxyl groups excluding tert-OH is 1. The fraction of sp³-hybridized carbons (Fsp3) is 0.559. The van der Waals surface area contributed by atoms with Crippen LogP contribution in [0.15, 0.2) is 47.1 Å². The number of aryl methyl sites for hydroxylation is 1. The summed E-state index contributed by atoms with van der Waals surface area (Å²) in [5.74, 6) is -2.89. The third kappa shape index (κ3) is 6.25. The molecule has 0 bridgehead atoms. The summed E-state index contributed by atoms with van der Waals surface area (Å²) in [5, 5.41) is 30.8. The van der Waals surface area contributed by atoms with Gasteiger partial charge in [-0.15, -0.1) is 0 Å². The van der Waals surface area contributed by atoms with Gasteiger partial charge in [-0.2, -0.15) is 0 Å². The second-order valence-electron chi connectivity index (χ2n) is 12.4. The molecule has 7 nitrogen and oxygen atoms in total. The number of phenolic OH excluding ortho intramolecular Hbond substituents is 1. The van der Waals surface area contributed by atoms with Crippen molar-refractivity contribution in [3.63, 3.8) is 0 Å². The molecule has 8 heteroatoms. The molecule has 1 fully saturated rings. The molecule has 0 aliphatic heterocycles. The highest BCUT2D eigenvalue weighted by Gasteiger charge is 2.61. The zero-order valence-electron chi connectivity index (χ0n) is 25.3. The second kappa shape index (κ2) is 13.2. The number of carboxylic acids is 1. The van der Waals surface area contributed by atoms with Crippen LogP contribution >= 0.6 is 11.8 Å². The summed E-state index contributed by atoms with van der Waals surface area (Å²) in [6.07, 6.45) is 6.92. The number of aliphatic carboxylic acids is 1. The normalized spacial score (nSPS) is 27.7. The van der Waals surface area contributed by atoms with Gasteiger partial charge >= 0.3 is 11.3 Å². The Morgan fingerprint density at radius 3 is 2.57 bits per heavy atom. The highest BCUT2D eigenvalue weighted by atomic mass is 32.2. The molecule has 228 valence electrons. The highest BCUT2D eigenvalue weighted by molar-refractivity contribution is 8.13. The largest absolute Gasteiger partial charge is 0.507 e. The van der Waals surface area contributed by atoms with E-state index in [4.69, 9.17) is 4.74 Å². The zero-order valence-corrected chi connectivity index (χ0v) is 26.1. The third-order valence-electron chi connectivity index (χ3n) is 9.47. The van der Waals surface area contributed by atoms with Crippen LogP contribution in [0.25, 0.3) is 0 Å². The number of allylic oxidation sites excluding steroid dienone is 3. The molecule has 7 atom stereocenters. The van der Waals surface area contributed by atoms with E-state index in [1.54, 1.807) is 13.0 Å². The summed E-state index contributed by atoms with van der Waals surface area (Å²) in [6.45, 7) is 13.8. The molecule has 42 heavy (non-hydrogen) atoms. The molecule has 0 heterocycles. The van der Waals surface area contributed by atoms with Gasteiger partial charge in [-0.1, -0.05) is 50.5 Å². The van der Waals surface area contributed by atoms with Crippen molar-refractivity contribution in [2.24, 2.45) is 29.6 Å². The van der Waals surface area contributed by atoms with Crippen molar-refractivity contribution >= 4 is 28.8 Å². The number of benzene rings is 1. The van der Waals surface area contributed by atoms with E-state index in [0.29, 0.717) is 16.9 Å². The van der Waals surface area contributed by atoms with Crippen LogP contribution in [0.1, 0.15) is 83.8 Å². The lowest BCUT2D eigenvalue weighted by molar-refractivity contribution is -0.151. The maximum Gasteiger partial charge on any atom is 0.373 e. The van der Waals surface area contributed by atoms with Gasteiger partial charge in [0.1, 0.15) is 17.3 Å². The minimum absolute atomic E-state index is 0.0538. The number of thioether (sulfide) groups is 1. The standard InChI is InChI=1S/C34H44O7S/c1-7-8-9-10-21-14-25(36)29(23-13-18(4)11-12-22(23)17(2)3)26(15-21)41-34(40)42-16-24-19(5)27-28(20(6)35)32(37)31(27)30(24)33(38)39/h13-15,19-20,22-23,27-28,31,35-36H,2,7-12,16H2,1,3-6H3,(H,38,39)/t19-,20+,22-,23+,27+,28+,31?/m0/s1. The maximum absolute atomic E-state index is 13.3. The Balaban J connectivity index is 1.61. The van der Waals surface area contributed by atoms with Crippen LogP contribution in [0.3, 0.4) is 0 Å². The quantitative estimate of drug-likeness (QED) is 0.139.